The third-order valence-electron chi connectivity index (χ3n) is 8.92. The van der Waals surface area contributed by atoms with Gasteiger partial charge in [-0.05, 0) is 94.9 Å². The number of rotatable bonds is 8. The summed E-state index contributed by atoms with van der Waals surface area (Å²) in [5.41, 5.74) is 4.08. The van der Waals surface area contributed by atoms with Gasteiger partial charge in [-0.1, -0.05) is 5.21 Å². The first-order chi connectivity index (χ1) is 20.3. The quantitative estimate of drug-likeness (QED) is 0.373. The molecule has 42 heavy (non-hydrogen) atoms. The third kappa shape index (κ3) is 5.61. The number of anilines is 1. The molecule has 4 aliphatic rings. The van der Waals surface area contributed by atoms with E-state index >= 15 is 0 Å². The zero-order valence-electron chi connectivity index (χ0n) is 24.9. The Morgan fingerprint density at radius 1 is 1.12 bits per heavy atom. The second kappa shape index (κ2) is 10.6. The second-order valence-electron chi connectivity index (χ2n) is 13.6. The number of amides is 1. The average molecular weight is 572 g/mol. The molecule has 7 rings (SSSR count). The van der Waals surface area contributed by atoms with Crippen molar-refractivity contribution in [2.24, 2.45) is 5.92 Å². The molecule has 2 aliphatic carbocycles. The monoisotopic (exact) mass is 571 g/mol. The number of ether oxygens (including phenoxy) is 2. The molecule has 0 unspecified atom stereocenters. The van der Waals surface area contributed by atoms with E-state index in [9.17, 15) is 4.79 Å². The molecule has 2 saturated heterocycles. The van der Waals surface area contributed by atoms with E-state index in [4.69, 9.17) is 14.5 Å². The fraction of sp³-hybridized carbons (Fsp3) is 0.594. The van der Waals surface area contributed by atoms with Crippen LogP contribution in [0.3, 0.4) is 0 Å². The Morgan fingerprint density at radius 3 is 2.62 bits per heavy atom. The molecule has 10 heteroatoms. The lowest BCUT2D eigenvalue weighted by Crippen LogP contribution is -2.53. The Kier molecular flexibility index (Phi) is 6.91. The van der Waals surface area contributed by atoms with Crippen molar-refractivity contribution in [3.05, 3.63) is 54.2 Å². The summed E-state index contributed by atoms with van der Waals surface area (Å²) >= 11 is 0. The molecule has 2 aliphatic heterocycles. The molecule has 2 saturated carbocycles. The number of piperidine rings is 1. The van der Waals surface area contributed by atoms with Crippen molar-refractivity contribution in [2.75, 3.05) is 37.7 Å². The van der Waals surface area contributed by atoms with Crippen LogP contribution in [0.5, 0.6) is 0 Å². The molecule has 4 fully saturated rings. The van der Waals surface area contributed by atoms with Crippen molar-refractivity contribution < 1.29 is 14.3 Å². The number of nitrogens with zero attached hydrogens (tertiary/aromatic N) is 7. The van der Waals surface area contributed by atoms with Gasteiger partial charge in [-0.2, -0.15) is 0 Å². The molecule has 1 amide bonds. The summed E-state index contributed by atoms with van der Waals surface area (Å²) in [5, 5.41) is 9.02. The van der Waals surface area contributed by atoms with Crippen molar-refractivity contribution in [1.29, 1.82) is 0 Å². The normalized spacial score (nSPS) is 22.0. The first-order valence-corrected chi connectivity index (χ1v) is 15.4. The molecule has 0 N–H and O–H groups in total. The Bertz CT molecular complexity index is 1420. The lowest BCUT2D eigenvalue weighted by molar-refractivity contribution is -0.0851. The highest BCUT2D eigenvalue weighted by Gasteiger charge is 2.45. The maximum Gasteiger partial charge on any atom is 0.410 e. The van der Waals surface area contributed by atoms with Gasteiger partial charge in [-0.3, -0.25) is 9.97 Å². The van der Waals surface area contributed by atoms with E-state index in [2.05, 4.69) is 38.4 Å². The van der Waals surface area contributed by atoms with Crippen LogP contribution < -0.4 is 4.90 Å². The highest BCUT2D eigenvalue weighted by molar-refractivity contribution is 5.69. The SMILES string of the molecule is CC(C)(C)OC(=O)N(CC1CC1)[C@@H]1CCCN(c2ccc(C3(n4cc(-c5cncc(C6CC6)c5)nn4)COC3)nc2)C1. The summed E-state index contributed by atoms with van der Waals surface area (Å²) in [5.74, 6) is 1.24. The van der Waals surface area contributed by atoms with Gasteiger partial charge < -0.3 is 19.3 Å². The molecular weight excluding hydrogens is 530 g/mol. The minimum atomic E-state index is -0.503. The smallest absolute Gasteiger partial charge is 0.410 e. The predicted octanol–water partition coefficient (Wildman–Crippen LogP) is 5.00. The third-order valence-corrected chi connectivity index (χ3v) is 8.92. The number of hydrogen-bond acceptors (Lipinski definition) is 8. The lowest BCUT2D eigenvalue weighted by Gasteiger charge is -2.42. The average Bonchev–Trinajstić information content (AvgIpc) is 3.89. The van der Waals surface area contributed by atoms with Crippen LogP contribution in [0.1, 0.15) is 76.5 Å². The van der Waals surface area contributed by atoms with Crippen LogP contribution in [0.25, 0.3) is 11.3 Å². The van der Waals surface area contributed by atoms with Crippen LogP contribution in [-0.4, -0.2) is 80.4 Å². The Morgan fingerprint density at radius 2 is 1.95 bits per heavy atom. The molecule has 0 spiro atoms. The van der Waals surface area contributed by atoms with Gasteiger partial charge in [0.25, 0.3) is 0 Å². The Labute approximate surface area is 247 Å². The van der Waals surface area contributed by atoms with Crippen molar-refractivity contribution in [1.82, 2.24) is 29.9 Å². The highest BCUT2D eigenvalue weighted by Crippen LogP contribution is 2.41. The predicted molar refractivity (Wildman–Crippen MR) is 158 cm³/mol. The van der Waals surface area contributed by atoms with Gasteiger partial charge in [0.1, 0.15) is 11.3 Å². The van der Waals surface area contributed by atoms with E-state index in [1.807, 2.05) is 55.1 Å². The van der Waals surface area contributed by atoms with Gasteiger partial charge in [-0.15, -0.1) is 5.10 Å². The summed E-state index contributed by atoms with van der Waals surface area (Å²) in [7, 11) is 0. The van der Waals surface area contributed by atoms with Crippen LogP contribution >= 0.6 is 0 Å². The molecule has 5 heterocycles. The maximum atomic E-state index is 13.2. The summed E-state index contributed by atoms with van der Waals surface area (Å²) in [6, 6.07) is 6.55. The minimum absolute atomic E-state index is 0.127. The minimum Gasteiger partial charge on any atom is -0.444 e. The molecule has 0 bridgehead atoms. The van der Waals surface area contributed by atoms with E-state index in [0.717, 1.165) is 55.1 Å². The lowest BCUT2D eigenvalue weighted by atomic mass is 9.92. The number of carbonyl (C=O) groups is 1. The summed E-state index contributed by atoms with van der Waals surface area (Å²) in [6.45, 7) is 9.31. The van der Waals surface area contributed by atoms with Crippen molar-refractivity contribution in [3.8, 4) is 11.3 Å². The summed E-state index contributed by atoms with van der Waals surface area (Å²) in [4.78, 5) is 26.9. The van der Waals surface area contributed by atoms with E-state index in [1.165, 1.54) is 31.2 Å². The van der Waals surface area contributed by atoms with Crippen LogP contribution in [0.2, 0.25) is 0 Å². The molecular formula is C32H41N7O3. The summed E-state index contributed by atoms with van der Waals surface area (Å²) in [6.07, 6.45) is 14.5. The molecule has 3 aromatic rings. The maximum absolute atomic E-state index is 13.2. The fourth-order valence-electron chi connectivity index (χ4n) is 6.10. The van der Waals surface area contributed by atoms with Crippen LogP contribution in [0.4, 0.5) is 10.5 Å². The van der Waals surface area contributed by atoms with Gasteiger partial charge in [0.05, 0.1) is 43.0 Å². The number of aromatic nitrogens is 5. The summed E-state index contributed by atoms with van der Waals surface area (Å²) < 4.78 is 13.4. The van der Waals surface area contributed by atoms with E-state index in [1.54, 1.807) is 0 Å². The molecule has 0 radical (unpaired) electrons. The second-order valence-corrected chi connectivity index (χ2v) is 13.6. The van der Waals surface area contributed by atoms with Gasteiger partial charge in [0.2, 0.25) is 0 Å². The largest absolute Gasteiger partial charge is 0.444 e. The molecule has 3 aromatic heterocycles. The van der Waals surface area contributed by atoms with Crippen molar-refractivity contribution in [3.63, 3.8) is 0 Å². The van der Waals surface area contributed by atoms with Crippen LogP contribution in [0, 0.1) is 5.92 Å². The zero-order valence-corrected chi connectivity index (χ0v) is 24.9. The highest BCUT2D eigenvalue weighted by atomic mass is 16.6. The van der Waals surface area contributed by atoms with Crippen LogP contribution in [-0.2, 0) is 15.0 Å². The van der Waals surface area contributed by atoms with Gasteiger partial charge in [-0.25, -0.2) is 9.48 Å². The Balaban J connectivity index is 1.07. The number of carbonyl (C=O) groups excluding carboxylic acids is 1. The standard InChI is InChI=1S/C32H41N7O3/c1-31(2,3)42-30(40)38(17-22-6-7-22)27-5-4-12-37(18-27)26-10-11-29(34-16-26)32(20-41-21-32)39-19-28(35-36-39)25-13-24(14-33-15-25)23-8-9-23/h10-11,13-16,19,22-23,27H,4-9,12,17-18,20-21H2,1-3H3/t27-/m1/s1. The zero-order chi connectivity index (χ0) is 28.9. The first-order valence-electron chi connectivity index (χ1n) is 15.4. The Hall–Kier alpha value is -3.53. The topological polar surface area (TPSA) is 98.5 Å². The van der Waals surface area contributed by atoms with Crippen molar-refractivity contribution in [2.45, 2.75) is 82.4 Å². The van der Waals surface area contributed by atoms with Gasteiger partial charge >= 0.3 is 6.09 Å². The van der Waals surface area contributed by atoms with E-state index < -0.39 is 11.1 Å². The van der Waals surface area contributed by atoms with Gasteiger partial charge in [0, 0.05) is 37.6 Å². The van der Waals surface area contributed by atoms with Crippen LogP contribution in [0.15, 0.2) is 43.0 Å². The molecule has 0 aromatic carbocycles. The molecule has 10 nitrogen and oxygen atoms in total. The number of hydrogen-bond donors (Lipinski definition) is 0. The molecule has 222 valence electrons. The fourth-order valence-corrected chi connectivity index (χ4v) is 6.10. The first kappa shape index (κ1) is 27.3. The van der Waals surface area contributed by atoms with Gasteiger partial charge in [0.15, 0.2) is 5.54 Å². The van der Waals surface area contributed by atoms with E-state index in [-0.39, 0.29) is 12.1 Å². The number of pyridine rings is 2. The van der Waals surface area contributed by atoms with E-state index in [0.29, 0.717) is 25.0 Å². The van der Waals surface area contributed by atoms with Crippen molar-refractivity contribution >= 4 is 11.8 Å². The molecule has 1 atom stereocenters.